The van der Waals surface area contributed by atoms with Crippen LogP contribution in [0.4, 0.5) is 0 Å². The summed E-state index contributed by atoms with van der Waals surface area (Å²) < 4.78 is 10.1. The normalized spacial score (nSPS) is 11.1. The Hall–Kier alpha value is -0.630. The van der Waals surface area contributed by atoms with Crippen molar-refractivity contribution in [1.29, 1.82) is 0 Å². The summed E-state index contributed by atoms with van der Waals surface area (Å²) in [6, 6.07) is 0. The van der Waals surface area contributed by atoms with E-state index in [1.54, 1.807) is 0 Å². The molecular formula is C30H55NaO7. The van der Waals surface area contributed by atoms with Crippen LogP contribution in [-0.4, -0.2) is 41.8 Å². The number of rotatable bonds is 27. The van der Waals surface area contributed by atoms with Crippen molar-refractivity contribution in [3.8, 4) is 0 Å². The molecule has 0 spiro atoms. The van der Waals surface area contributed by atoms with E-state index in [4.69, 9.17) is 9.47 Å². The van der Waals surface area contributed by atoms with E-state index in [9.17, 15) is 24.6 Å². The second kappa shape index (κ2) is 27.9. The minimum Gasteiger partial charge on any atom is -0.547 e. The summed E-state index contributed by atoms with van der Waals surface area (Å²) in [6.45, 7) is 4.75. The van der Waals surface area contributed by atoms with E-state index in [2.05, 4.69) is 13.8 Å². The molecule has 7 nitrogen and oxygen atoms in total. The van der Waals surface area contributed by atoms with Gasteiger partial charge in [0.1, 0.15) is 5.60 Å². The van der Waals surface area contributed by atoms with Gasteiger partial charge in [0.25, 0.3) is 0 Å². The molecule has 0 unspecified atom stereocenters. The Bertz CT molecular complexity index is 543. The topological polar surface area (TPSA) is 113 Å². The van der Waals surface area contributed by atoms with Crippen LogP contribution in [0, 0.1) is 0 Å². The number of ether oxygens (including phenoxy) is 2. The maximum atomic E-state index is 12.0. The Morgan fingerprint density at radius 1 is 0.553 bits per heavy atom. The number of hydrogen-bond acceptors (Lipinski definition) is 7. The summed E-state index contributed by atoms with van der Waals surface area (Å²) in [5.74, 6) is -3.59. The summed E-state index contributed by atoms with van der Waals surface area (Å²) >= 11 is 0. The average molecular weight is 551 g/mol. The van der Waals surface area contributed by atoms with Crippen LogP contribution in [0.1, 0.15) is 155 Å². The first-order valence-corrected chi connectivity index (χ1v) is 15.1. The van der Waals surface area contributed by atoms with Crippen LogP contribution in [0.3, 0.4) is 0 Å². The van der Waals surface area contributed by atoms with Crippen molar-refractivity contribution < 1.29 is 63.6 Å². The standard InChI is InChI=1S/C30H56O7.Na/c1-3-5-7-9-11-13-15-17-19-21-23-36-27(31)25-30(35,29(33)34)26-28(32)37-24-22-20-18-16-14-12-10-8-6-4-2;/h35H,3-26H2,1-2H3,(H,33,34);/q;+1/p-1. The Balaban J connectivity index is 0. The Kier molecular flexibility index (Phi) is 29.0. The van der Waals surface area contributed by atoms with Gasteiger partial charge in [-0.15, -0.1) is 0 Å². The van der Waals surface area contributed by atoms with Crippen molar-refractivity contribution in [2.24, 2.45) is 0 Å². The van der Waals surface area contributed by atoms with E-state index in [1.165, 1.54) is 77.0 Å². The van der Waals surface area contributed by atoms with Crippen LogP contribution >= 0.6 is 0 Å². The molecule has 0 atom stereocenters. The van der Waals surface area contributed by atoms with Gasteiger partial charge in [0.05, 0.1) is 32.0 Å². The van der Waals surface area contributed by atoms with Crippen molar-refractivity contribution in [3.63, 3.8) is 0 Å². The number of carboxylic acid groups (broad SMARTS) is 1. The molecule has 0 saturated carbocycles. The van der Waals surface area contributed by atoms with Gasteiger partial charge in [-0.05, 0) is 12.8 Å². The summed E-state index contributed by atoms with van der Waals surface area (Å²) in [7, 11) is 0. The van der Waals surface area contributed by atoms with Gasteiger partial charge >= 0.3 is 41.5 Å². The molecular weight excluding hydrogens is 495 g/mol. The fourth-order valence-corrected chi connectivity index (χ4v) is 4.34. The maximum absolute atomic E-state index is 12.0. The SMILES string of the molecule is CCCCCCCCCCCCOC(=O)CC(O)(CC(=O)OCCCCCCCCCCCC)C(=O)[O-].[Na+]. The van der Waals surface area contributed by atoms with Gasteiger partial charge in [-0.2, -0.15) is 0 Å². The Labute approximate surface area is 254 Å². The van der Waals surface area contributed by atoms with Crippen LogP contribution in [0.5, 0.6) is 0 Å². The molecule has 0 aliphatic rings. The van der Waals surface area contributed by atoms with E-state index in [-0.39, 0.29) is 42.8 Å². The number of carbonyl (C=O) groups excluding carboxylic acids is 3. The van der Waals surface area contributed by atoms with E-state index in [1.807, 2.05) is 0 Å². The van der Waals surface area contributed by atoms with Crippen molar-refractivity contribution in [2.45, 2.75) is 161 Å². The van der Waals surface area contributed by atoms with Gasteiger partial charge < -0.3 is 24.5 Å². The molecule has 0 radical (unpaired) electrons. The van der Waals surface area contributed by atoms with Crippen LogP contribution < -0.4 is 34.7 Å². The molecule has 0 aromatic heterocycles. The van der Waals surface area contributed by atoms with Gasteiger partial charge in [-0.3, -0.25) is 9.59 Å². The number of carboxylic acids is 1. The van der Waals surface area contributed by atoms with Crippen molar-refractivity contribution in [3.05, 3.63) is 0 Å². The zero-order chi connectivity index (χ0) is 27.6. The number of hydrogen-bond donors (Lipinski definition) is 1. The first-order chi connectivity index (χ1) is 17.9. The van der Waals surface area contributed by atoms with Crippen LogP contribution in [0.15, 0.2) is 0 Å². The number of aliphatic hydroxyl groups is 1. The third-order valence-corrected chi connectivity index (χ3v) is 6.78. The van der Waals surface area contributed by atoms with Crippen LogP contribution in [0.2, 0.25) is 0 Å². The molecule has 0 fully saturated rings. The molecule has 38 heavy (non-hydrogen) atoms. The molecule has 0 rings (SSSR count). The molecule has 8 heteroatoms. The molecule has 0 aliphatic carbocycles. The number of aliphatic carboxylic acids is 1. The third kappa shape index (κ3) is 24.4. The van der Waals surface area contributed by atoms with E-state index in [0.29, 0.717) is 12.8 Å². The predicted octanol–water partition coefficient (Wildman–Crippen LogP) is 3.18. The fraction of sp³-hybridized carbons (Fsp3) is 0.900. The molecule has 0 bridgehead atoms. The summed E-state index contributed by atoms with van der Waals surface area (Å²) in [5.41, 5.74) is -2.62. The summed E-state index contributed by atoms with van der Waals surface area (Å²) in [4.78, 5) is 35.5. The zero-order valence-electron chi connectivity index (χ0n) is 24.9. The van der Waals surface area contributed by atoms with Crippen molar-refractivity contribution >= 4 is 17.9 Å². The predicted molar refractivity (Wildman–Crippen MR) is 145 cm³/mol. The van der Waals surface area contributed by atoms with Gasteiger partial charge in [-0.25, -0.2) is 0 Å². The molecule has 1 N–H and O–H groups in total. The minimum atomic E-state index is -2.62. The smallest absolute Gasteiger partial charge is 0.547 e. The average Bonchev–Trinajstić information content (AvgIpc) is 2.85. The number of esters is 2. The maximum Gasteiger partial charge on any atom is 1.00 e. The van der Waals surface area contributed by atoms with Crippen molar-refractivity contribution in [1.82, 2.24) is 0 Å². The van der Waals surface area contributed by atoms with Gasteiger partial charge in [0.15, 0.2) is 0 Å². The van der Waals surface area contributed by atoms with Crippen LogP contribution in [-0.2, 0) is 23.9 Å². The molecule has 0 aromatic rings. The van der Waals surface area contributed by atoms with Gasteiger partial charge in [0, 0.05) is 0 Å². The fourth-order valence-electron chi connectivity index (χ4n) is 4.34. The second-order valence-electron chi connectivity index (χ2n) is 10.5. The van der Waals surface area contributed by atoms with Crippen LogP contribution in [0.25, 0.3) is 0 Å². The Morgan fingerprint density at radius 2 is 0.816 bits per heavy atom. The summed E-state index contributed by atoms with van der Waals surface area (Å²) in [6.07, 6.45) is 21.3. The minimum absolute atomic E-state index is 0. The number of unbranched alkanes of at least 4 members (excludes halogenated alkanes) is 18. The molecule has 218 valence electrons. The monoisotopic (exact) mass is 550 g/mol. The van der Waals surface area contributed by atoms with E-state index in [0.717, 1.165) is 38.5 Å². The second-order valence-corrected chi connectivity index (χ2v) is 10.5. The zero-order valence-corrected chi connectivity index (χ0v) is 26.9. The Morgan fingerprint density at radius 3 is 1.08 bits per heavy atom. The van der Waals surface area contributed by atoms with Gasteiger partial charge in [0.2, 0.25) is 0 Å². The largest absolute Gasteiger partial charge is 1.00 e. The summed E-state index contributed by atoms with van der Waals surface area (Å²) in [5, 5.41) is 21.8. The molecule has 0 aliphatic heterocycles. The molecule has 0 aromatic carbocycles. The first kappa shape index (κ1) is 39.5. The van der Waals surface area contributed by atoms with Gasteiger partial charge in [-0.1, -0.05) is 129 Å². The third-order valence-electron chi connectivity index (χ3n) is 6.78. The van der Waals surface area contributed by atoms with E-state index < -0.39 is 36.4 Å². The van der Waals surface area contributed by atoms with Crippen molar-refractivity contribution in [2.75, 3.05) is 13.2 Å². The molecule has 0 saturated heterocycles. The quantitative estimate of drug-likeness (QED) is 0.0949. The number of carbonyl (C=O) groups is 3. The first-order valence-electron chi connectivity index (χ1n) is 15.1. The van der Waals surface area contributed by atoms with E-state index >= 15 is 0 Å². The molecule has 0 heterocycles. The molecule has 0 amide bonds.